The van der Waals surface area contributed by atoms with Crippen LogP contribution >= 0.6 is 0 Å². The number of amides is 1. The monoisotopic (exact) mass is 351 g/mol. The Bertz CT molecular complexity index is 935. The van der Waals surface area contributed by atoms with Crippen molar-refractivity contribution in [3.8, 4) is 11.1 Å². The minimum atomic E-state index is -4.76. The summed E-state index contributed by atoms with van der Waals surface area (Å²) in [7, 11) is 0. The van der Waals surface area contributed by atoms with Gasteiger partial charge in [0.1, 0.15) is 5.69 Å². The number of halogens is 4. The number of alkyl halides is 4. The number of hydrogen-bond donors (Lipinski definition) is 1. The number of benzene rings is 1. The summed E-state index contributed by atoms with van der Waals surface area (Å²) in [5.74, 6) is -2.89. The number of fused-ring (bicyclic) bond motifs is 3. The van der Waals surface area contributed by atoms with Crippen LogP contribution in [-0.4, -0.2) is 27.3 Å². The molecule has 25 heavy (non-hydrogen) atoms. The Hall–Kier alpha value is -2.84. The largest absolute Gasteiger partial charge is 0.451 e. The number of carbonyl (C=O) groups is 2. The molecule has 1 saturated carbocycles. The van der Waals surface area contributed by atoms with E-state index in [0.29, 0.717) is 5.56 Å². The van der Waals surface area contributed by atoms with E-state index in [4.69, 9.17) is 0 Å². The van der Waals surface area contributed by atoms with Gasteiger partial charge in [0.2, 0.25) is 11.6 Å². The summed E-state index contributed by atoms with van der Waals surface area (Å²) in [5, 5.41) is 2.37. The molecular weight excluding hydrogens is 342 g/mol. The molecule has 1 N–H and O–H groups in total. The summed E-state index contributed by atoms with van der Waals surface area (Å²) in [4.78, 5) is 30.7. The van der Waals surface area contributed by atoms with Crippen LogP contribution < -0.4 is 5.32 Å². The van der Waals surface area contributed by atoms with Crippen molar-refractivity contribution in [1.82, 2.24) is 9.97 Å². The molecule has 0 unspecified atom stereocenters. The van der Waals surface area contributed by atoms with E-state index >= 15 is 0 Å². The van der Waals surface area contributed by atoms with Crippen molar-refractivity contribution in [1.29, 1.82) is 0 Å². The van der Waals surface area contributed by atoms with Crippen molar-refractivity contribution in [2.45, 2.75) is 24.7 Å². The molecule has 1 fully saturated rings. The molecule has 0 atom stereocenters. The highest BCUT2D eigenvalue weighted by atomic mass is 19.4. The van der Waals surface area contributed by atoms with Crippen molar-refractivity contribution in [3.05, 3.63) is 41.5 Å². The summed E-state index contributed by atoms with van der Waals surface area (Å²) >= 11 is 0. The maximum absolute atomic E-state index is 13.7. The van der Waals surface area contributed by atoms with Crippen molar-refractivity contribution < 1.29 is 27.2 Å². The first-order valence-corrected chi connectivity index (χ1v) is 7.33. The first-order chi connectivity index (χ1) is 11.7. The third-order valence-corrected chi connectivity index (χ3v) is 4.17. The molecule has 1 heterocycles. The van der Waals surface area contributed by atoms with Crippen LogP contribution in [-0.2, 0) is 11.0 Å². The van der Waals surface area contributed by atoms with E-state index in [0.717, 1.165) is 6.20 Å². The number of carbonyl (C=O) groups excluding carboxylic acids is 2. The van der Waals surface area contributed by atoms with E-state index in [1.54, 1.807) is 0 Å². The summed E-state index contributed by atoms with van der Waals surface area (Å²) in [6.45, 7) is 0. The molecule has 4 rings (SSSR count). The lowest BCUT2D eigenvalue weighted by atomic mass is 10.1. The molecule has 5 nitrogen and oxygen atoms in total. The zero-order valence-corrected chi connectivity index (χ0v) is 12.4. The van der Waals surface area contributed by atoms with E-state index in [2.05, 4.69) is 15.3 Å². The Morgan fingerprint density at radius 3 is 2.52 bits per heavy atom. The van der Waals surface area contributed by atoms with E-state index in [-0.39, 0.29) is 35.3 Å². The van der Waals surface area contributed by atoms with Gasteiger partial charge in [-0.2, -0.15) is 13.2 Å². The molecule has 1 amide bonds. The number of nitrogens with one attached hydrogen (secondary N) is 1. The average molecular weight is 351 g/mol. The van der Waals surface area contributed by atoms with Gasteiger partial charge in [-0.05, 0) is 30.5 Å². The number of rotatable bonds is 2. The molecule has 9 heteroatoms. The molecule has 0 radical (unpaired) electrons. The Morgan fingerprint density at radius 1 is 1.16 bits per heavy atom. The molecule has 1 aromatic carbocycles. The summed E-state index contributed by atoms with van der Waals surface area (Å²) in [5.41, 5.74) is -1.38. The predicted octanol–water partition coefficient (Wildman–Crippen LogP) is 3.15. The summed E-state index contributed by atoms with van der Waals surface area (Å²) < 4.78 is 51.9. The van der Waals surface area contributed by atoms with Crippen LogP contribution in [0.4, 0.5) is 23.2 Å². The van der Waals surface area contributed by atoms with Gasteiger partial charge in [0.15, 0.2) is 5.67 Å². The van der Waals surface area contributed by atoms with Gasteiger partial charge in [0, 0.05) is 23.0 Å². The highest BCUT2D eigenvalue weighted by Crippen LogP contribution is 2.42. The van der Waals surface area contributed by atoms with Gasteiger partial charge < -0.3 is 5.32 Å². The fourth-order valence-corrected chi connectivity index (χ4v) is 2.64. The molecule has 0 spiro atoms. The lowest BCUT2D eigenvalue weighted by Gasteiger charge is -2.09. The first kappa shape index (κ1) is 15.7. The van der Waals surface area contributed by atoms with Crippen LogP contribution in [0.25, 0.3) is 11.1 Å². The fraction of sp³-hybridized carbons (Fsp3) is 0.250. The lowest BCUT2D eigenvalue weighted by molar-refractivity contribution is -0.145. The van der Waals surface area contributed by atoms with Crippen LogP contribution in [0.5, 0.6) is 0 Å². The Kier molecular flexibility index (Phi) is 3.03. The van der Waals surface area contributed by atoms with Gasteiger partial charge in [-0.1, -0.05) is 6.07 Å². The average Bonchev–Trinajstić information content (AvgIpc) is 3.25. The molecular formula is C16H9F4N3O2. The van der Waals surface area contributed by atoms with Crippen LogP contribution in [0.15, 0.2) is 24.4 Å². The summed E-state index contributed by atoms with van der Waals surface area (Å²) in [6.07, 6.45) is -3.52. The van der Waals surface area contributed by atoms with Crippen molar-refractivity contribution in [2.75, 3.05) is 5.32 Å². The second-order valence-electron chi connectivity index (χ2n) is 5.96. The second kappa shape index (κ2) is 4.84. The Morgan fingerprint density at radius 2 is 1.88 bits per heavy atom. The predicted molar refractivity (Wildman–Crippen MR) is 77.6 cm³/mol. The quantitative estimate of drug-likeness (QED) is 0.720. The van der Waals surface area contributed by atoms with E-state index < -0.39 is 29.4 Å². The number of anilines is 1. The van der Waals surface area contributed by atoms with Crippen LogP contribution in [0.2, 0.25) is 0 Å². The lowest BCUT2D eigenvalue weighted by Crippen LogP contribution is -2.25. The Balaban J connectivity index is 1.69. The smallest absolute Gasteiger partial charge is 0.323 e. The van der Waals surface area contributed by atoms with Gasteiger partial charge in [0.05, 0.1) is 0 Å². The third-order valence-electron chi connectivity index (χ3n) is 4.17. The molecule has 2 aliphatic carbocycles. The SMILES string of the molecule is O=C1c2cc(NC(=O)C3(F)CC3)ccc2-c2cnc(C(F)(F)F)nc21. The van der Waals surface area contributed by atoms with Gasteiger partial charge in [-0.15, -0.1) is 0 Å². The van der Waals surface area contributed by atoms with Crippen LogP contribution in [0.1, 0.15) is 34.7 Å². The third kappa shape index (κ3) is 2.46. The Labute approximate surface area is 138 Å². The number of ketones is 1. The molecule has 0 saturated heterocycles. The molecule has 128 valence electrons. The van der Waals surface area contributed by atoms with E-state index in [1.165, 1.54) is 18.2 Å². The van der Waals surface area contributed by atoms with Crippen molar-refractivity contribution in [3.63, 3.8) is 0 Å². The first-order valence-electron chi connectivity index (χ1n) is 7.33. The topological polar surface area (TPSA) is 72.0 Å². The van der Waals surface area contributed by atoms with Crippen LogP contribution in [0.3, 0.4) is 0 Å². The highest BCUT2D eigenvalue weighted by Gasteiger charge is 2.51. The normalized spacial score (nSPS) is 17.0. The molecule has 0 bridgehead atoms. The van der Waals surface area contributed by atoms with E-state index in [9.17, 15) is 27.2 Å². The highest BCUT2D eigenvalue weighted by molar-refractivity contribution is 6.21. The van der Waals surface area contributed by atoms with Crippen LogP contribution in [0, 0.1) is 0 Å². The van der Waals surface area contributed by atoms with E-state index in [1.807, 2.05) is 0 Å². The maximum Gasteiger partial charge on any atom is 0.451 e. The molecule has 1 aromatic heterocycles. The molecule has 0 aliphatic heterocycles. The van der Waals surface area contributed by atoms with Gasteiger partial charge in [-0.25, -0.2) is 14.4 Å². The molecule has 2 aliphatic rings. The number of hydrogen-bond acceptors (Lipinski definition) is 4. The van der Waals surface area contributed by atoms with Gasteiger partial charge in [0.25, 0.3) is 5.91 Å². The zero-order chi connectivity index (χ0) is 18.0. The second-order valence-corrected chi connectivity index (χ2v) is 5.96. The minimum Gasteiger partial charge on any atom is -0.323 e. The van der Waals surface area contributed by atoms with Gasteiger partial charge in [-0.3, -0.25) is 9.59 Å². The standard InChI is InChI=1S/C16H9F4N3O2/c17-15(3-4-15)14(25)22-7-1-2-8-9(5-7)12(24)11-10(8)6-21-13(23-11)16(18,19)20/h1-2,5-6H,3-4H2,(H,22,25). The molecule has 2 aromatic rings. The minimum absolute atomic E-state index is 0.0881. The fourth-order valence-electron chi connectivity index (χ4n) is 2.64. The van der Waals surface area contributed by atoms with Gasteiger partial charge >= 0.3 is 6.18 Å². The summed E-state index contributed by atoms with van der Waals surface area (Å²) in [6, 6.07) is 4.21. The number of nitrogens with zero attached hydrogens (tertiary/aromatic N) is 2. The number of aromatic nitrogens is 2. The zero-order valence-electron chi connectivity index (χ0n) is 12.4. The maximum atomic E-state index is 13.7. The van der Waals surface area contributed by atoms with Crippen molar-refractivity contribution in [2.24, 2.45) is 0 Å². The van der Waals surface area contributed by atoms with Crippen molar-refractivity contribution >= 4 is 17.4 Å².